The standard InChI is InChI=1S/C27H30ClN5O3S.C27H33ClN4O3S/c1-17(2)37(34,35)25-12-8-7-11-22(25)31-26-21(28)16-30-27(33-26)32-23-13-19(15-29)20(14-24(23)36-3)18-9-5-4-6-10-18;1-4-35-24-16-20(19-10-6-5-7-11-19)14-15-22(24)31-27-29-17-21(28)26(32-27)30-23-12-8-9-13-25(23)36(33,34)18(2)3/h7-8,11-14,16-18H,4-6,9-10H2,1-3H3,(H2,30,31,32,33);8-9,12-19H,4-7,10-11H2,1-3H3,(H2,29,30,31,32)/i3D3;1D3,4D2. The Balaban J connectivity index is 0.000000234. The van der Waals surface area contributed by atoms with Gasteiger partial charge in [-0.3, -0.25) is 0 Å². The van der Waals surface area contributed by atoms with E-state index < -0.39 is 50.6 Å². The monoisotopic (exact) mass is 1080 g/mol. The van der Waals surface area contributed by atoms with Crippen molar-refractivity contribution in [2.45, 2.75) is 131 Å². The van der Waals surface area contributed by atoms with Crippen LogP contribution in [0.25, 0.3) is 0 Å². The largest absolute Gasteiger partial charge is 0.495 e. The van der Waals surface area contributed by atoms with Crippen LogP contribution in [0.4, 0.5) is 46.3 Å². The topological polar surface area (TPSA) is 210 Å². The van der Waals surface area contributed by atoms with E-state index in [4.69, 9.17) is 43.6 Å². The first-order valence-electron chi connectivity index (χ1n) is 28.0. The van der Waals surface area contributed by atoms with Gasteiger partial charge in [-0.2, -0.15) is 15.2 Å². The molecule has 73 heavy (non-hydrogen) atoms. The van der Waals surface area contributed by atoms with Crippen LogP contribution in [0.2, 0.25) is 10.0 Å². The highest BCUT2D eigenvalue weighted by atomic mass is 35.5. The van der Waals surface area contributed by atoms with Crippen LogP contribution in [0.1, 0.15) is 138 Å². The van der Waals surface area contributed by atoms with Gasteiger partial charge in [-0.25, -0.2) is 26.8 Å². The highest BCUT2D eigenvalue weighted by Gasteiger charge is 2.26. The molecule has 8 rings (SSSR count). The molecule has 2 aliphatic carbocycles. The second-order valence-corrected chi connectivity index (χ2v) is 24.0. The summed E-state index contributed by atoms with van der Waals surface area (Å²) in [7, 11) is -9.95. The van der Waals surface area contributed by atoms with E-state index in [9.17, 15) is 22.1 Å². The van der Waals surface area contributed by atoms with Crippen molar-refractivity contribution in [3.8, 4) is 17.6 Å². The third-order valence-corrected chi connectivity index (χ3v) is 17.8. The molecule has 2 aromatic heterocycles. The molecule has 19 heteroatoms. The van der Waals surface area contributed by atoms with Gasteiger partial charge in [-0.1, -0.05) is 92.1 Å². The van der Waals surface area contributed by atoms with Crippen LogP contribution in [0.3, 0.4) is 0 Å². The fourth-order valence-corrected chi connectivity index (χ4v) is 11.4. The maximum Gasteiger partial charge on any atom is 0.229 e. The fraction of sp³-hybridized carbons (Fsp3) is 0.389. The summed E-state index contributed by atoms with van der Waals surface area (Å²) in [6, 6.07) is 23.5. The first-order valence-corrected chi connectivity index (χ1v) is 27.8. The van der Waals surface area contributed by atoms with Crippen LogP contribution in [0, 0.1) is 11.3 Å². The maximum atomic E-state index is 12.9. The van der Waals surface area contributed by atoms with Gasteiger partial charge in [0.2, 0.25) is 11.9 Å². The minimum Gasteiger partial charge on any atom is -0.495 e. The van der Waals surface area contributed by atoms with E-state index in [1.165, 1.54) is 30.9 Å². The summed E-state index contributed by atoms with van der Waals surface area (Å²) >= 11 is 12.7. The summed E-state index contributed by atoms with van der Waals surface area (Å²) in [6.45, 7) is 0.412. The summed E-state index contributed by atoms with van der Waals surface area (Å²) in [5.41, 5.74) is 3.14. The molecule has 0 spiro atoms. The molecular weight excluding hydrogens is 1010 g/mol. The lowest BCUT2D eigenvalue weighted by Crippen LogP contribution is -2.15. The summed E-state index contributed by atoms with van der Waals surface area (Å²) in [6.07, 6.45) is 13.0. The first-order chi connectivity index (χ1) is 38.1. The fourth-order valence-electron chi connectivity index (χ4n) is 8.77. The molecule has 0 radical (unpaired) electrons. The lowest BCUT2D eigenvalue weighted by atomic mass is 9.82. The second kappa shape index (κ2) is 24.7. The van der Waals surface area contributed by atoms with Crippen molar-refractivity contribution in [3.63, 3.8) is 0 Å². The Morgan fingerprint density at radius 1 is 0.671 bits per heavy atom. The Kier molecular flexibility index (Phi) is 15.0. The predicted molar refractivity (Wildman–Crippen MR) is 292 cm³/mol. The molecule has 4 N–H and O–H groups in total. The van der Waals surface area contributed by atoms with Gasteiger partial charge < -0.3 is 30.7 Å². The lowest BCUT2D eigenvalue weighted by Gasteiger charge is -2.24. The third kappa shape index (κ3) is 13.3. The SMILES string of the molecule is [2H]C([2H])([2H])C([2H])([2H])Oc1cc(C2CCCCC2)ccc1Nc1ncc(Cl)c(Nc2ccccc2S(=O)(=O)C(C)C)n1.[2H]C([2H])([2H])Oc1cc(C2CCCCC2)c(C#N)cc1Nc1ncc(Cl)c(Nc2ccccc2S(=O)(=O)C(C)C)n1. The summed E-state index contributed by atoms with van der Waals surface area (Å²) in [5, 5.41) is 20.8. The first kappa shape index (κ1) is 44.3. The molecule has 0 saturated heterocycles. The smallest absolute Gasteiger partial charge is 0.229 e. The highest BCUT2D eigenvalue weighted by Crippen LogP contribution is 2.41. The third-order valence-electron chi connectivity index (χ3n) is 12.8. The van der Waals surface area contributed by atoms with Crippen molar-refractivity contribution in [1.29, 1.82) is 5.26 Å². The number of aromatic nitrogens is 4. The number of methoxy groups -OCH3 is 1. The minimum atomic E-state index is -3.61. The van der Waals surface area contributed by atoms with Gasteiger partial charge in [0.05, 0.1) is 87.5 Å². The molecule has 6 aromatic rings. The van der Waals surface area contributed by atoms with Gasteiger partial charge in [0, 0.05) is 4.11 Å². The molecule has 2 fully saturated rings. The number of benzene rings is 4. The molecule has 0 bridgehead atoms. The van der Waals surface area contributed by atoms with Crippen LogP contribution < -0.4 is 30.7 Å². The van der Waals surface area contributed by atoms with E-state index in [-0.39, 0.29) is 83.8 Å². The van der Waals surface area contributed by atoms with Gasteiger partial charge in [-0.05, 0) is 132 Å². The van der Waals surface area contributed by atoms with Gasteiger partial charge in [0.1, 0.15) is 21.5 Å². The van der Waals surface area contributed by atoms with Crippen LogP contribution in [0.15, 0.2) is 101 Å². The van der Waals surface area contributed by atoms with Crippen molar-refractivity contribution in [3.05, 3.63) is 118 Å². The highest BCUT2D eigenvalue weighted by molar-refractivity contribution is 7.92. The maximum absolute atomic E-state index is 12.9. The number of nitriles is 1. The lowest BCUT2D eigenvalue weighted by molar-refractivity contribution is 0.340. The molecule has 0 unspecified atom stereocenters. The normalized spacial score (nSPS) is 16.6. The number of hydrogen-bond acceptors (Lipinski definition) is 15. The predicted octanol–water partition coefficient (Wildman–Crippen LogP) is 14.0. The number of halogens is 2. The van der Waals surface area contributed by atoms with Crippen LogP contribution in [-0.2, 0) is 19.7 Å². The van der Waals surface area contributed by atoms with Crippen molar-refractivity contribution >= 4 is 89.2 Å². The quantitative estimate of drug-likeness (QED) is 0.0669. The molecule has 4 aromatic carbocycles. The Hall–Kier alpha value is -6.19. The van der Waals surface area contributed by atoms with E-state index in [2.05, 4.69) is 47.3 Å². The zero-order valence-electron chi connectivity index (χ0n) is 48.8. The molecule has 15 nitrogen and oxygen atoms in total. The average Bonchev–Trinajstić information content (AvgIpc) is 3.43. The summed E-state index contributed by atoms with van der Waals surface area (Å²) in [5.74, 6) is 0.797. The van der Waals surface area contributed by atoms with E-state index in [1.807, 2.05) is 6.07 Å². The minimum absolute atomic E-state index is 0.00984. The summed E-state index contributed by atoms with van der Waals surface area (Å²) in [4.78, 5) is 17.4. The average molecular weight is 1080 g/mol. The van der Waals surface area contributed by atoms with Crippen LogP contribution in [0.5, 0.6) is 11.5 Å². The van der Waals surface area contributed by atoms with E-state index in [0.717, 1.165) is 68.9 Å². The van der Waals surface area contributed by atoms with Gasteiger partial charge in [0.25, 0.3) is 0 Å². The van der Waals surface area contributed by atoms with Crippen molar-refractivity contribution < 1.29 is 37.3 Å². The molecule has 2 heterocycles. The number of para-hydroxylation sites is 2. The van der Waals surface area contributed by atoms with Crippen molar-refractivity contribution in [2.75, 3.05) is 34.9 Å². The number of nitrogens with zero attached hydrogens (tertiary/aromatic N) is 5. The van der Waals surface area contributed by atoms with E-state index in [1.54, 1.807) is 88.4 Å². The van der Waals surface area contributed by atoms with Crippen molar-refractivity contribution in [2.24, 2.45) is 0 Å². The molecule has 386 valence electrons. The van der Waals surface area contributed by atoms with Crippen LogP contribution in [-0.4, -0.2) is 60.9 Å². The molecule has 0 aliphatic heterocycles. The number of sulfone groups is 2. The Bertz CT molecular complexity index is 3490. The zero-order valence-corrected chi connectivity index (χ0v) is 43.9. The molecular formula is C54H63Cl2N9O6S2. The second-order valence-electron chi connectivity index (χ2n) is 18.2. The van der Waals surface area contributed by atoms with Gasteiger partial charge >= 0.3 is 0 Å². The van der Waals surface area contributed by atoms with Gasteiger partial charge in [-0.15, -0.1) is 0 Å². The number of ether oxygens (including phenoxy) is 2. The Morgan fingerprint density at radius 3 is 1.70 bits per heavy atom. The zero-order chi connectivity index (χ0) is 59.1. The number of hydrogen-bond donors (Lipinski definition) is 4. The molecule has 2 aliphatic rings. The Labute approximate surface area is 451 Å². The molecule has 2 saturated carbocycles. The van der Waals surface area contributed by atoms with E-state index >= 15 is 0 Å². The van der Waals surface area contributed by atoms with Crippen molar-refractivity contribution in [1.82, 2.24) is 19.9 Å². The van der Waals surface area contributed by atoms with E-state index in [0.29, 0.717) is 11.3 Å². The van der Waals surface area contributed by atoms with Crippen LogP contribution >= 0.6 is 23.2 Å². The Morgan fingerprint density at radius 2 is 1.19 bits per heavy atom. The summed E-state index contributed by atoms with van der Waals surface area (Å²) < 4.78 is 124. The van der Waals surface area contributed by atoms with Gasteiger partial charge in [0.15, 0.2) is 31.3 Å². The molecule has 0 amide bonds. The number of rotatable bonds is 17. The number of anilines is 8. The molecule has 0 atom stereocenters. The number of nitrogens with one attached hydrogen (secondary N) is 4.